The van der Waals surface area contributed by atoms with Gasteiger partial charge in [0.2, 0.25) is 0 Å². The molecule has 2 rings (SSSR count). The van der Waals surface area contributed by atoms with Gasteiger partial charge in [0, 0.05) is 6.92 Å². The van der Waals surface area contributed by atoms with Crippen molar-refractivity contribution in [2.75, 3.05) is 13.2 Å². The number of ether oxygens (including phenoxy) is 2. The highest BCUT2D eigenvalue weighted by atomic mass is 16.5. The van der Waals surface area contributed by atoms with Crippen LogP contribution in [0.25, 0.3) is 0 Å². The van der Waals surface area contributed by atoms with Crippen LogP contribution in [-0.4, -0.2) is 31.2 Å². The Morgan fingerprint density at radius 2 is 2.04 bits per heavy atom. The van der Waals surface area contributed by atoms with Crippen LogP contribution in [0.4, 0.5) is 4.79 Å². The lowest BCUT2D eigenvalue weighted by Crippen LogP contribution is -2.47. The molecular formula is C15H18N2O6. The van der Waals surface area contributed by atoms with Crippen molar-refractivity contribution in [1.82, 2.24) is 10.6 Å². The van der Waals surface area contributed by atoms with Crippen LogP contribution >= 0.6 is 0 Å². The zero-order valence-corrected chi connectivity index (χ0v) is 13.1. The molecule has 0 aliphatic carbocycles. The fourth-order valence-electron chi connectivity index (χ4n) is 2.18. The highest BCUT2D eigenvalue weighted by molar-refractivity contribution is 5.95. The molecule has 0 radical (unpaired) electrons. The molecule has 1 unspecified atom stereocenters. The molecule has 1 aliphatic rings. The van der Waals surface area contributed by atoms with E-state index in [-0.39, 0.29) is 24.5 Å². The smallest absolute Gasteiger partial charge is 0.338 e. The SMILES string of the molecule is CCOC(=O)C1=C(COC(C)=O)NC(=O)NC1c1ccc(C)o1. The van der Waals surface area contributed by atoms with Gasteiger partial charge in [0.05, 0.1) is 17.9 Å². The lowest BCUT2D eigenvalue weighted by Gasteiger charge is -2.27. The third-order valence-corrected chi connectivity index (χ3v) is 3.11. The Kier molecular flexibility index (Phi) is 5.05. The van der Waals surface area contributed by atoms with Crippen molar-refractivity contribution in [1.29, 1.82) is 0 Å². The maximum Gasteiger partial charge on any atom is 0.338 e. The van der Waals surface area contributed by atoms with Gasteiger partial charge in [-0.25, -0.2) is 9.59 Å². The minimum absolute atomic E-state index is 0.141. The largest absolute Gasteiger partial charge is 0.464 e. The number of amides is 2. The first-order valence-corrected chi connectivity index (χ1v) is 7.09. The fourth-order valence-corrected chi connectivity index (χ4v) is 2.18. The van der Waals surface area contributed by atoms with E-state index >= 15 is 0 Å². The molecule has 8 nitrogen and oxygen atoms in total. The molecule has 0 bridgehead atoms. The summed E-state index contributed by atoms with van der Waals surface area (Å²) in [7, 11) is 0. The normalized spacial score (nSPS) is 17.3. The maximum atomic E-state index is 12.3. The Morgan fingerprint density at radius 1 is 1.30 bits per heavy atom. The van der Waals surface area contributed by atoms with Crippen molar-refractivity contribution >= 4 is 18.0 Å². The zero-order valence-electron chi connectivity index (χ0n) is 13.1. The first-order chi connectivity index (χ1) is 10.9. The topological polar surface area (TPSA) is 107 Å². The van der Waals surface area contributed by atoms with Crippen molar-refractivity contribution in [3.8, 4) is 0 Å². The third-order valence-electron chi connectivity index (χ3n) is 3.11. The van der Waals surface area contributed by atoms with Gasteiger partial charge in [-0.3, -0.25) is 4.79 Å². The number of urea groups is 1. The summed E-state index contributed by atoms with van der Waals surface area (Å²) >= 11 is 0. The summed E-state index contributed by atoms with van der Waals surface area (Å²) in [5.41, 5.74) is 0.309. The lowest BCUT2D eigenvalue weighted by atomic mass is 10.0. The number of hydrogen-bond donors (Lipinski definition) is 2. The highest BCUT2D eigenvalue weighted by Crippen LogP contribution is 2.29. The maximum absolute atomic E-state index is 12.3. The van der Waals surface area contributed by atoms with Gasteiger partial charge in [0.1, 0.15) is 24.2 Å². The Morgan fingerprint density at radius 3 is 2.61 bits per heavy atom. The molecule has 124 valence electrons. The molecule has 2 amide bonds. The lowest BCUT2D eigenvalue weighted by molar-refractivity contribution is -0.141. The molecular weight excluding hydrogens is 304 g/mol. The molecule has 0 fully saturated rings. The summed E-state index contributed by atoms with van der Waals surface area (Å²) in [4.78, 5) is 35.2. The number of carbonyl (C=O) groups is 3. The number of hydrogen-bond acceptors (Lipinski definition) is 6. The van der Waals surface area contributed by atoms with Gasteiger partial charge in [-0.05, 0) is 26.0 Å². The summed E-state index contributed by atoms with van der Waals surface area (Å²) in [6.07, 6.45) is 0. The fraction of sp³-hybridized carbons (Fsp3) is 0.400. The van der Waals surface area contributed by atoms with Crippen LogP contribution < -0.4 is 10.6 Å². The van der Waals surface area contributed by atoms with E-state index in [9.17, 15) is 14.4 Å². The van der Waals surface area contributed by atoms with Crippen molar-refractivity contribution in [2.24, 2.45) is 0 Å². The van der Waals surface area contributed by atoms with E-state index in [0.717, 1.165) is 0 Å². The predicted octanol–water partition coefficient (Wildman–Crippen LogP) is 1.32. The number of rotatable bonds is 5. The summed E-state index contributed by atoms with van der Waals surface area (Å²) in [6.45, 7) is 4.58. The molecule has 23 heavy (non-hydrogen) atoms. The standard InChI is InChI=1S/C15H18N2O6/c1-4-21-14(19)12-10(7-22-9(3)18)16-15(20)17-13(12)11-6-5-8(2)23-11/h5-6,13H,4,7H2,1-3H3,(H2,16,17,20). The zero-order chi connectivity index (χ0) is 17.0. The van der Waals surface area contributed by atoms with Gasteiger partial charge in [-0.15, -0.1) is 0 Å². The van der Waals surface area contributed by atoms with Crippen LogP contribution in [-0.2, 0) is 19.1 Å². The Hall–Kier alpha value is -2.77. The van der Waals surface area contributed by atoms with E-state index in [4.69, 9.17) is 13.9 Å². The summed E-state index contributed by atoms with van der Waals surface area (Å²) in [6, 6.07) is 2.04. The van der Waals surface area contributed by atoms with E-state index in [0.29, 0.717) is 11.5 Å². The number of carbonyl (C=O) groups excluding carboxylic acids is 3. The molecule has 0 aromatic carbocycles. The van der Waals surface area contributed by atoms with Crippen LogP contribution in [0.5, 0.6) is 0 Å². The average molecular weight is 322 g/mol. The van der Waals surface area contributed by atoms with Crippen LogP contribution in [0, 0.1) is 6.92 Å². The van der Waals surface area contributed by atoms with Crippen molar-refractivity contribution in [3.63, 3.8) is 0 Å². The Bertz CT molecular complexity index is 661. The first kappa shape index (κ1) is 16.6. The van der Waals surface area contributed by atoms with E-state index in [2.05, 4.69) is 10.6 Å². The average Bonchev–Trinajstić information content (AvgIpc) is 2.91. The summed E-state index contributed by atoms with van der Waals surface area (Å²) in [5.74, 6) is -0.127. The van der Waals surface area contributed by atoms with Gasteiger partial charge >= 0.3 is 18.0 Å². The van der Waals surface area contributed by atoms with Crippen molar-refractivity contribution < 1.29 is 28.3 Å². The van der Waals surface area contributed by atoms with E-state index in [1.807, 2.05) is 0 Å². The van der Waals surface area contributed by atoms with E-state index < -0.39 is 24.0 Å². The number of esters is 2. The van der Waals surface area contributed by atoms with Crippen LogP contribution in [0.15, 0.2) is 27.8 Å². The Labute approximate surface area is 132 Å². The molecule has 0 saturated carbocycles. The van der Waals surface area contributed by atoms with E-state index in [1.165, 1.54) is 6.92 Å². The van der Waals surface area contributed by atoms with Crippen molar-refractivity contribution in [2.45, 2.75) is 26.8 Å². The van der Waals surface area contributed by atoms with Crippen LogP contribution in [0.1, 0.15) is 31.4 Å². The van der Waals surface area contributed by atoms with Gasteiger partial charge in [-0.2, -0.15) is 0 Å². The molecule has 0 saturated heterocycles. The van der Waals surface area contributed by atoms with Gasteiger partial charge in [0.25, 0.3) is 0 Å². The monoisotopic (exact) mass is 322 g/mol. The second kappa shape index (κ2) is 6.99. The molecule has 8 heteroatoms. The van der Waals surface area contributed by atoms with Crippen LogP contribution in [0.2, 0.25) is 0 Å². The van der Waals surface area contributed by atoms with E-state index in [1.54, 1.807) is 26.0 Å². The predicted molar refractivity (Wildman–Crippen MR) is 78.1 cm³/mol. The molecule has 0 spiro atoms. The molecule has 1 aliphatic heterocycles. The van der Waals surface area contributed by atoms with Gasteiger partial charge in [0.15, 0.2) is 0 Å². The molecule has 2 heterocycles. The minimum Gasteiger partial charge on any atom is -0.464 e. The number of aryl methyl sites for hydroxylation is 1. The summed E-state index contributed by atoms with van der Waals surface area (Å²) in [5, 5.41) is 5.09. The third kappa shape index (κ3) is 3.91. The second-order valence-corrected chi connectivity index (χ2v) is 4.87. The second-order valence-electron chi connectivity index (χ2n) is 4.87. The molecule has 1 atom stereocenters. The highest BCUT2D eigenvalue weighted by Gasteiger charge is 2.35. The summed E-state index contributed by atoms with van der Waals surface area (Å²) < 4.78 is 15.5. The molecule has 1 aromatic rings. The number of furan rings is 1. The van der Waals surface area contributed by atoms with Gasteiger partial charge < -0.3 is 24.5 Å². The quantitative estimate of drug-likeness (QED) is 0.792. The molecule has 2 N–H and O–H groups in total. The number of nitrogens with one attached hydrogen (secondary N) is 2. The Balaban J connectivity index is 2.44. The van der Waals surface area contributed by atoms with Gasteiger partial charge in [-0.1, -0.05) is 0 Å². The van der Waals surface area contributed by atoms with Crippen LogP contribution in [0.3, 0.4) is 0 Å². The molecule has 1 aromatic heterocycles. The first-order valence-electron chi connectivity index (χ1n) is 7.09. The minimum atomic E-state index is -0.818. The van der Waals surface area contributed by atoms with Crippen molar-refractivity contribution in [3.05, 3.63) is 34.9 Å².